The second-order valence-electron chi connectivity index (χ2n) is 8.60. The van der Waals surface area contributed by atoms with Gasteiger partial charge in [-0.25, -0.2) is 9.38 Å². The number of hydrogen-bond donors (Lipinski definition) is 3. The van der Waals surface area contributed by atoms with Gasteiger partial charge >= 0.3 is 0 Å². The molecule has 0 saturated carbocycles. The van der Waals surface area contributed by atoms with Crippen molar-refractivity contribution in [2.24, 2.45) is 4.99 Å². The molecule has 0 saturated heterocycles. The zero-order valence-corrected chi connectivity index (χ0v) is 21.6. The first-order chi connectivity index (χ1) is 15.3. The number of rotatable bonds is 6. The van der Waals surface area contributed by atoms with Crippen molar-refractivity contribution in [1.29, 1.82) is 0 Å². The van der Waals surface area contributed by atoms with E-state index in [0.29, 0.717) is 43.6 Å². The SMILES string of the molecule is CC(C)(C)NC(=O)CN=C(NCCc1ccc(F)cc1)Nc1ccc2c(c1)OCCCO2.I. The molecule has 0 aliphatic carbocycles. The Hall–Kier alpha value is -2.56. The normalized spacial score (nSPS) is 13.4. The van der Waals surface area contributed by atoms with Crippen LogP contribution in [0.1, 0.15) is 32.8 Å². The van der Waals surface area contributed by atoms with Crippen LogP contribution in [0.2, 0.25) is 0 Å². The predicted molar refractivity (Wildman–Crippen MR) is 139 cm³/mol. The minimum Gasteiger partial charge on any atom is -0.490 e. The molecule has 0 bridgehead atoms. The number of anilines is 1. The first kappa shape index (κ1) is 26.7. The first-order valence-electron chi connectivity index (χ1n) is 10.8. The van der Waals surface area contributed by atoms with Crippen LogP contribution in [0.25, 0.3) is 0 Å². The number of halogens is 2. The highest BCUT2D eigenvalue weighted by Gasteiger charge is 2.14. The van der Waals surface area contributed by atoms with Crippen LogP contribution < -0.4 is 25.4 Å². The summed E-state index contributed by atoms with van der Waals surface area (Å²) < 4.78 is 24.5. The van der Waals surface area contributed by atoms with Crippen LogP contribution in [0.5, 0.6) is 11.5 Å². The third kappa shape index (κ3) is 9.45. The maximum absolute atomic E-state index is 13.1. The molecule has 1 amide bonds. The zero-order chi connectivity index (χ0) is 23.0. The Morgan fingerprint density at radius 2 is 1.76 bits per heavy atom. The Morgan fingerprint density at radius 3 is 2.45 bits per heavy atom. The molecule has 3 rings (SSSR count). The van der Waals surface area contributed by atoms with Gasteiger partial charge in [0.15, 0.2) is 17.5 Å². The van der Waals surface area contributed by atoms with Crippen molar-refractivity contribution in [2.45, 2.75) is 39.2 Å². The summed E-state index contributed by atoms with van der Waals surface area (Å²) in [6.07, 6.45) is 1.51. The molecule has 0 unspecified atom stereocenters. The molecule has 2 aromatic rings. The monoisotopic (exact) mass is 570 g/mol. The lowest BCUT2D eigenvalue weighted by molar-refractivity contribution is -0.121. The number of nitrogens with one attached hydrogen (secondary N) is 3. The van der Waals surface area contributed by atoms with Gasteiger partial charge in [0.05, 0.1) is 13.2 Å². The van der Waals surface area contributed by atoms with Crippen LogP contribution in [-0.4, -0.2) is 43.7 Å². The number of ether oxygens (including phenoxy) is 2. The zero-order valence-electron chi connectivity index (χ0n) is 19.2. The molecular formula is C24H32FIN4O3. The summed E-state index contributed by atoms with van der Waals surface area (Å²) in [5.74, 6) is 1.41. The Kier molecular flexibility index (Phi) is 10.2. The van der Waals surface area contributed by atoms with Crippen LogP contribution in [0, 0.1) is 5.82 Å². The van der Waals surface area contributed by atoms with E-state index in [1.54, 1.807) is 12.1 Å². The molecule has 1 aliphatic rings. The fourth-order valence-corrected chi connectivity index (χ4v) is 3.10. The number of aliphatic imine (C=N–C) groups is 1. The van der Waals surface area contributed by atoms with E-state index in [1.165, 1.54) is 12.1 Å². The van der Waals surface area contributed by atoms with Gasteiger partial charge in [-0.3, -0.25) is 4.79 Å². The summed E-state index contributed by atoms with van der Waals surface area (Å²) in [6, 6.07) is 12.0. The van der Waals surface area contributed by atoms with Crippen LogP contribution in [0.3, 0.4) is 0 Å². The van der Waals surface area contributed by atoms with E-state index in [-0.39, 0.29) is 47.8 Å². The molecule has 0 atom stereocenters. The molecule has 3 N–H and O–H groups in total. The van der Waals surface area contributed by atoms with Crippen LogP contribution >= 0.6 is 24.0 Å². The standard InChI is InChI=1S/C24H31FN4O3.HI/c1-24(2,3)29-22(30)16-27-23(26-12-11-17-5-7-18(25)8-6-17)28-19-9-10-20-21(15-19)32-14-4-13-31-20;/h5-10,15H,4,11-14,16H2,1-3H3,(H,29,30)(H2,26,27,28);1H. The molecule has 1 aliphatic heterocycles. The molecule has 33 heavy (non-hydrogen) atoms. The summed E-state index contributed by atoms with van der Waals surface area (Å²) in [4.78, 5) is 16.7. The molecule has 0 spiro atoms. The number of carbonyl (C=O) groups excluding carboxylic acids is 1. The second-order valence-corrected chi connectivity index (χ2v) is 8.60. The van der Waals surface area contributed by atoms with Crippen LogP contribution in [0.4, 0.5) is 10.1 Å². The minimum atomic E-state index is -0.329. The van der Waals surface area contributed by atoms with Crippen molar-refractivity contribution < 1.29 is 18.7 Å². The molecule has 180 valence electrons. The largest absolute Gasteiger partial charge is 0.490 e. The molecule has 9 heteroatoms. The van der Waals surface area contributed by atoms with Gasteiger partial charge in [-0.1, -0.05) is 12.1 Å². The highest BCUT2D eigenvalue weighted by molar-refractivity contribution is 14.0. The van der Waals surface area contributed by atoms with E-state index in [1.807, 2.05) is 39.0 Å². The van der Waals surface area contributed by atoms with Gasteiger partial charge in [0.1, 0.15) is 12.4 Å². The number of amides is 1. The van der Waals surface area contributed by atoms with E-state index in [2.05, 4.69) is 20.9 Å². The maximum Gasteiger partial charge on any atom is 0.242 e. The summed E-state index contributed by atoms with van der Waals surface area (Å²) in [7, 11) is 0. The summed E-state index contributed by atoms with van der Waals surface area (Å²) >= 11 is 0. The lowest BCUT2D eigenvalue weighted by Gasteiger charge is -2.20. The van der Waals surface area contributed by atoms with E-state index < -0.39 is 0 Å². The third-order valence-electron chi connectivity index (χ3n) is 4.52. The predicted octanol–water partition coefficient (Wildman–Crippen LogP) is 4.12. The van der Waals surface area contributed by atoms with Crippen molar-refractivity contribution in [2.75, 3.05) is 31.6 Å². The quantitative estimate of drug-likeness (QED) is 0.277. The Morgan fingerprint density at radius 1 is 1.06 bits per heavy atom. The fraction of sp³-hybridized carbons (Fsp3) is 0.417. The summed E-state index contributed by atoms with van der Waals surface area (Å²) in [6.45, 7) is 7.53. The molecule has 2 aromatic carbocycles. The number of hydrogen-bond acceptors (Lipinski definition) is 4. The molecular weight excluding hydrogens is 538 g/mol. The Bertz CT molecular complexity index is 946. The van der Waals surface area contributed by atoms with Crippen molar-refractivity contribution >= 4 is 41.5 Å². The molecule has 0 radical (unpaired) electrons. The Balaban J connectivity index is 0.00000385. The molecule has 1 heterocycles. The fourth-order valence-electron chi connectivity index (χ4n) is 3.10. The van der Waals surface area contributed by atoms with Gasteiger partial charge in [-0.2, -0.15) is 0 Å². The van der Waals surface area contributed by atoms with Crippen molar-refractivity contribution in [3.05, 3.63) is 53.8 Å². The van der Waals surface area contributed by atoms with E-state index in [0.717, 1.165) is 17.7 Å². The number of benzene rings is 2. The maximum atomic E-state index is 13.1. The van der Waals surface area contributed by atoms with Crippen molar-refractivity contribution in [1.82, 2.24) is 10.6 Å². The van der Waals surface area contributed by atoms with E-state index in [4.69, 9.17) is 9.47 Å². The van der Waals surface area contributed by atoms with Gasteiger partial charge in [0, 0.05) is 30.3 Å². The lowest BCUT2D eigenvalue weighted by Crippen LogP contribution is -2.42. The van der Waals surface area contributed by atoms with Gasteiger partial charge in [0.2, 0.25) is 5.91 Å². The van der Waals surface area contributed by atoms with Crippen LogP contribution in [-0.2, 0) is 11.2 Å². The highest BCUT2D eigenvalue weighted by atomic mass is 127. The first-order valence-corrected chi connectivity index (χ1v) is 10.8. The van der Waals surface area contributed by atoms with E-state index in [9.17, 15) is 9.18 Å². The van der Waals surface area contributed by atoms with Gasteiger partial charge < -0.3 is 25.4 Å². The minimum absolute atomic E-state index is 0. The molecule has 7 nitrogen and oxygen atoms in total. The van der Waals surface area contributed by atoms with Gasteiger partial charge in [-0.15, -0.1) is 24.0 Å². The second kappa shape index (κ2) is 12.6. The number of carbonyl (C=O) groups is 1. The summed E-state index contributed by atoms with van der Waals surface area (Å²) in [5.41, 5.74) is 1.43. The average Bonchev–Trinajstić information content (AvgIpc) is 2.97. The Labute approximate surface area is 211 Å². The number of guanidine groups is 1. The highest BCUT2D eigenvalue weighted by Crippen LogP contribution is 2.32. The summed E-state index contributed by atoms with van der Waals surface area (Å²) in [5, 5.41) is 9.36. The van der Waals surface area contributed by atoms with E-state index >= 15 is 0 Å². The topological polar surface area (TPSA) is 84.0 Å². The van der Waals surface area contributed by atoms with Crippen molar-refractivity contribution in [3.8, 4) is 11.5 Å². The average molecular weight is 570 g/mol. The lowest BCUT2D eigenvalue weighted by atomic mass is 10.1. The van der Waals surface area contributed by atoms with Crippen LogP contribution in [0.15, 0.2) is 47.5 Å². The van der Waals surface area contributed by atoms with Gasteiger partial charge in [-0.05, 0) is 57.0 Å². The molecule has 0 aromatic heterocycles. The number of nitrogens with zero attached hydrogens (tertiary/aromatic N) is 1. The third-order valence-corrected chi connectivity index (χ3v) is 4.52. The molecule has 0 fully saturated rings. The van der Waals surface area contributed by atoms with Crippen molar-refractivity contribution in [3.63, 3.8) is 0 Å². The smallest absolute Gasteiger partial charge is 0.242 e. The number of fused-ring (bicyclic) bond motifs is 1. The van der Waals surface area contributed by atoms with Gasteiger partial charge in [0.25, 0.3) is 0 Å².